The summed E-state index contributed by atoms with van der Waals surface area (Å²) >= 11 is 3.50. The number of oxime groups is 1. The molecular weight excluding hydrogens is 294 g/mol. The average molecular weight is 314 g/mol. The molecule has 1 aromatic carbocycles. The highest BCUT2D eigenvalue weighted by Crippen LogP contribution is 2.25. The number of anilines is 1. The van der Waals surface area contributed by atoms with Gasteiger partial charge in [-0.15, -0.1) is 0 Å². The van der Waals surface area contributed by atoms with Crippen molar-refractivity contribution in [1.82, 2.24) is 0 Å². The van der Waals surface area contributed by atoms with Crippen LogP contribution in [0.25, 0.3) is 0 Å². The molecule has 0 fully saturated rings. The molecule has 0 atom stereocenters. The van der Waals surface area contributed by atoms with Gasteiger partial charge in [-0.25, -0.2) is 0 Å². The molecule has 0 bridgehead atoms. The van der Waals surface area contributed by atoms with E-state index in [1.54, 1.807) is 0 Å². The number of rotatable bonds is 5. The van der Waals surface area contributed by atoms with E-state index in [0.717, 1.165) is 23.1 Å². The minimum absolute atomic E-state index is 0.260. The molecule has 4 nitrogen and oxygen atoms in total. The molecule has 0 amide bonds. The normalized spacial score (nSPS) is 12.6. The first-order valence-electron chi connectivity index (χ1n) is 5.85. The second-order valence-corrected chi connectivity index (χ2v) is 5.81. The van der Waals surface area contributed by atoms with Gasteiger partial charge in [0.2, 0.25) is 0 Å². The second-order valence-electron chi connectivity index (χ2n) is 4.96. The van der Waals surface area contributed by atoms with Gasteiger partial charge in [-0.3, -0.25) is 0 Å². The van der Waals surface area contributed by atoms with Crippen LogP contribution in [0.5, 0.6) is 0 Å². The quantitative estimate of drug-likeness (QED) is 0.338. The lowest BCUT2D eigenvalue weighted by Gasteiger charge is -2.23. The van der Waals surface area contributed by atoms with E-state index < -0.39 is 0 Å². The lowest BCUT2D eigenvalue weighted by molar-refractivity contribution is 0.306. The van der Waals surface area contributed by atoms with E-state index in [0.29, 0.717) is 0 Å². The van der Waals surface area contributed by atoms with Gasteiger partial charge in [0.1, 0.15) is 5.84 Å². The number of nitrogens with two attached hydrogens (primary N) is 1. The topological polar surface area (TPSA) is 70.6 Å². The summed E-state index contributed by atoms with van der Waals surface area (Å²) in [4.78, 5) is 0. The second kappa shape index (κ2) is 6.09. The van der Waals surface area contributed by atoms with Gasteiger partial charge in [-0.05, 0) is 31.0 Å². The molecule has 100 valence electrons. The van der Waals surface area contributed by atoms with Gasteiger partial charge >= 0.3 is 0 Å². The zero-order valence-corrected chi connectivity index (χ0v) is 12.6. The molecule has 0 saturated carbocycles. The zero-order chi connectivity index (χ0) is 13.8. The molecule has 0 heterocycles. The van der Waals surface area contributed by atoms with Crippen LogP contribution < -0.4 is 11.1 Å². The maximum Gasteiger partial charge on any atom is 0.144 e. The van der Waals surface area contributed by atoms with Gasteiger partial charge < -0.3 is 16.3 Å². The van der Waals surface area contributed by atoms with Gasteiger partial charge in [-0.2, -0.15) is 0 Å². The molecule has 4 N–H and O–H groups in total. The van der Waals surface area contributed by atoms with Crippen molar-refractivity contribution in [1.29, 1.82) is 0 Å². The summed E-state index contributed by atoms with van der Waals surface area (Å²) in [5, 5.41) is 15.1. The van der Waals surface area contributed by atoms with Crippen molar-refractivity contribution in [3.05, 3.63) is 28.2 Å². The number of benzene rings is 1. The van der Waals surface area contributed by atoms with Crippen molar-refractivity contribution in [3.8, 4) is 0 Å². The van der Waals surface area contributed by atoms with Crippen molar-refractivity contribution in [2.75, 3.05) is 11.9 Å². The summed E-state index contributed by atoms with van der Waals surface area (Å²) in [6.45, 7) is 6.73. The van der Waals surface area contributed by atoms with E-state index in [1.807, 2.05) is 32.0 Å². The Morgan fingerprint density at radius 3 is 2.78 bits per heavy atom. The van der Waals surface area contributed by atoms with E-state index in [9.17, 15) is 0 Å². The molecule has 0 spiro atoms. The Hall–Kier alpha value is -1.23. The van der Waals surface area contributed by atoms with E-state index >= 15 is 0 Å². The molecule has 0 aliphatic rings. The summed E-state index contributed by atoms with van der Waals surface area (Å²) in [6.07, 6.45) is 0.787. The summed E-state index contributed by atoms with van der Waals surface area (Å²) in [5.41, 5.74) is 7.61. The number of nitrogens with zero attached hydrogens (tertiary/aromatic N) is 1. The minimum atomic E-state index is -0.318. The highest BCUT2D eigenvalue weighted by atomic mass is 79.9. The fourth-order valence-electron chi connectivity index (χ4n) is 1.57. The van der Waals surface area contributed by atoms with Crippen LogP contribution in [0, 0.1) is 12.3 Å². The zero-order valence-electron chi connectivity index (χ0n) is 11.0. The van der Waals surface area contributed by atoms with Gasteiger partial charge in [0.15, 0.2) is 0 Å². The number of hydrogen-bond acceptors (Lipinski definition) is 3. The summed E-state index contributed by atoms with van der Waals surface area (Å²) in [7, 11) is 0. The molecule has 0 unspecified atom stereocenters. The van der Waals surface area contributed by atoms with Crippen LogP contribution in [0.3, 0.4) is 0 Å². The monoisotopic (exact) mass is 313 g/mol. The standard InChI is InChI=1S/C13H20BrN3O/c1-9-10(14)5-4-6-11(9)16-8-7-13(2,3)12(15)17-18/h4-6,16,18H,7-8H2,1-3H3,(H2,15,17). The van der Waals surface area contributed by atoms with Crippen molar-refractivity contribution in [2.24, 2.45) is 16.3 Å². The van der Waals surface area contributed by atoms with Crippen LogP contribution in [0.2, 0.25) is 0 Å². The average Bonchev–Trinajstić information content (AvgIpc) is 2.33. The van der Waals surface area contributed by atoms with Crippen molar-refractivity contribution >= 4 is 27.5 Å². The molecule has 1 rings (SSSR count). The third-order valence-corrected chi connectivity index (χ3v) is 3.99. The highest BCUT2D eigenvalue weighted by Gasteiger charge is 2.22. The third-order valence-electron chi connectivity index (χ3n) is 3.13. The van der Waals surface area contributed by atoms with E-state index in [2.05, 4.69) is 33.3 Å². The molecule has 0 saturated heterocycles. The molecule has 0 aliphatic heterocycles. The summed E-state index contributed by atoms with van der Waals surface area (Å²) in [6, 6.07) is 6.05. The Morgan fingerprint density at radius 1 is 1.50 bits per heavy atom. The Morgan fingerprint density at radius 2 is 2.17 bits per heavy atom. The molecule has 18 heavy (non-hydrogen) atoms. The number of nitrogens with one attached hydrogen (secondary N) is 1. The fraction of sp³-hybridized carbons (Fsp3) is 0.462. The third kappa shape index (κ3) is 3.63. The number of halogens is 1. The van der Waals surface area contributed by atoms with Crippen LogP contribution in [0.4, 0.5) is 5.69 Å². The first kappa shape index (κ1) is 14.8. The van der Waals surface area contributed by atoms with Gasteiger partial charge in [0.05, 0.1) is 0 Å². The smallest absolute Gasteiger partial charge is 0.144 e. The molecule has 0 radical (unpaired) electrons. The minimum Gasteiger partial charge on any atom is -0.409 e. The summed E-state index contributed by atoms with van der Waals surface area (Å²) < 4.78 is 1.09. The Bertz CT molecular complexity index is 444. The first-order valence-corrected chi connectivity index (χ1v) is 6.65. The molecule has 1 aromatic rings. The van der Waals surface area contributed by atoms with Crippen LogP contribution in [0.15, 0.2) is 27.8 Å². The van der Waals surface area contributed by atoms with Crippen LogP contribution in [0.1, 0.15) is 25.8 Å². The molecule has 0 aromatic heterocycles. The van der Waals surface area contributed by atoms with E-state index in [4.69, 9.17) is 10.9 Å². The largest absolute Gasteiger partial charge is 0.409 e. The van der Waals surface area contributed by atoms with E-state index in [-0.39, 0.29) is 11.3 Å². The Kier molecular flexibility index (Phi) is 5.02. The number of hydrogen-bond donors (Lipinski definition) is 3. The lowest BCUT2D eigenvalue weighted by atomic mass is 9.88. The van der Waals surface area contributed by atoms with Crippen LogP contribution in [-0.2, 0) is 0 Å². The number of amidine groups is 1. The van der Waals surface area contributed by atoms with Crippen molar-refractivity contribution in [2.45, 2.75) is 27.2 Å². The van der Waals surface area contributed by atoms with E-state index in [1.165, 1.54) is 5.56 Å². The van der Waals surface area contributed by atoms with Crippen LogP contribution in [-0.4, -0.2) is 17.6 Å². The van der Waals surface area contributed by atoms with Crippen molar-refractivity contribution in [3.63, 3.8) is 0 Å². The van der Waals surface area contributed by atoms with Gasteiger partial charge in [0, 0.05) is 22.1 Å². The van der Waals surface area contributed by atoms with Gasteiger partial charge in [0.25, 0.3) is 0 Å². The maximum atomic E-state index is 8.70. The lowest BCUT2D eigenvalue weighted by Crippen LogP contribution is -2.33. The predicted molar refractivity (Wildman–Crippen MR) is 79.2 cm³/mol. The molecule has 0 aliphatic carbocycles. The molecule has 5 heteroatoms. The predicted octanol–water partition coefficient (Wildman–Crippen LogP) is 3.33. The Labute approximate surface area is 116 Å². The SMILES string of the molecule is Cc1c(Br)cccc1NCCC(C)(C)/C(N)=N/O. The summed E-state index contributed by atoms with van der Waals surface area (Å²) in [5.74, 6) is 0.260. The van der Waals surface area contributed by atoms with Gasteiger partial charge in [-0.1, -0.05) is 41.0 Å². The van der Waals surface area contributed by atoms with Crippen molar-refractivity contribution < 1.29 is 5.21 Å². The first-order chi connectivity index (χ1) is 8.38. The van der Waals surface area contributed by atoms with Crippen LogP contribution >= 0.6 is 15.9 Å². The Balaban J connectivity index is 2.60. The highest BCUT2D eigenvalue weighted by molar-refractivity contribution is 9.10. The fourth-order valence-corrected chi connectivity index (χ4v) is 1.94. The maximum absolute atomic E-state index is 8.70. The molecular formula is C13H20BrN3O.